The van der Waals surface area contributed by atoms with Crippen LogP contribution in [0.5, 0.6) is 0 Å². The van der Waals surface area contributed by atoms with Crippen LogP contribution in [0.2, 0.25) is 0 Å². The average Bonchev–Trinajstić information content (AvgIpc) is 3.22. The third-order valence-electron chi connectivity index (χ3n) is 3.93. The van der Waals surface area contributed by atoms with Crippen LogP contribution in [0, 0.1) is 24.2 Å². The summed E-state index contributed by atoms with van der Waals surface area (Å²) in [7, 11) is 0. The molecule has 0 fully saturated rings. The Morgan fingerprint density at radius 1 is 1.20 bits per heavy atom. The van der Waals surface area contributed by atoms with Gasteiger partial charge < -0.3 is 0 Å². The molecule has 2 heterocycles. The van der Waals surface area contributed by atoms with Gasteiger partial charge in [-0.25, -0.2) is 4.98 Å². The lowest BCUT2D eigenvalue weighted by atomic mass is 10.0. The first kappa shape index (κ1) is 17.6. The number of nitriles is 1. The maximum Gasteiger partial charge on any atom is 0.134 e. The van der Waals surface area contributed by atoms with Crippen LogP contribution >= 0.6 is 22.7 Å². The predicted octanol–water partition coefficient (Wildman–Crippen LogP) is 6.44. The molecular formula is C21H20N2S2. The molecule has 3 rings (SSSR count). The van der Waals surface area contributed by atoms with Crippen LogP contribution in [0.25, 0.3) is 22.9 Å². The lowest BCUT2D eigenvalue weighted by molar-refractivity contribution is 0.647. The van der Waals surface area contributed by atoms with E-state index in [0.717, 1.165) is 27.6 Å². The fourth-order valence-corrected chi connectivity index (χ4v) is 4.27. The Labute approximate surface area is 157 Å². The molecule has 3 aromatic rings. The van der Waals surface area contributed by atoms with Crippen LogP contribution in [-0.2, 0) is 6.42 Å². The number of thiophene rings is 1. The molecule has 0 saturated carbocycles. The van der Waals surface area contributed by atoms with Gasteiger partial charge in [0, 0.05) is 15.8 Å². The van der Waals surface area contributed by atoms with E-state index in [4.69, 9.17) is 0 Å². The molecule has 126 valence electrons. The third kappa shape index (κ3) is 4.25. The van der Waals surface area contributed by atoms with Crippen molar-refractivity contribution in [3.63, 3.8) is 0 Å². The van der Waals surface area contributed by atoms with Gasteiger partial charge in [-0.2, -0.15) is 5.26 Å². The molecule has 0 radical (unpaired) electrons. The maximum absolute atomic E-state index is 9.52. The van der Waals surface area contributed by atoms with Crippen molar-refractivity contribution in [2.24, 2.45) is 5.92 Å². The highest BCUT2D eigenvalue weighted by molar-refractivity contribution is 7.12. The fourth-order valence-electron chi connectivity index (χ4n) is 2.62. The van der Waals surface area contributed by atoms with Gasteiger partial charge in [0.1, 0.15) is 11.1 Å². The molecule has 0 aliphatic carbocycles. The molecular weight excluding hydrogens is 344 g/mol. The average molecular weight is 365 g/mol. The quantitative estimate of drug-likeness (QED) is 0.488. The smallest absolute Gasteiger partial charge is 0.134 e. The molecule has 0 saturated heterocycles. The zero-order chi connectivity index (χ0) is 17.8. The summed E-state index contributed by atoms with van der Waals surface area (Å²) in [5.74, 6) is 0.653. The molecule has 0 aliphatic rings. The molecule has 0 unspecified atom stereocenters. The molecule has 0 aliphatic heterocycles. The molecule has 0 spiro atoms. The monoisotopic (exact) mass is 364 g/mol. The van der Waals surface area contributed by atoms with Gasteiger partial charge in [0.15, 0.2) is 0 Å². The van der Waals surface area contributed by atoms with Crippen molar-refractivity contribution >= 4 is 34.3 Å². The van der Waals surface area contributed by atoms with Crippen LogP contribution in [0.1, 0.15) is 34.9 Å². The zero-order valence-corrected chi connectivity index (χ0v) is 16.2. The van der Waals surface area contributed by atoms with Gasteiger partial charge in [0.05, 0.1) is 11.3 Å². The lowest BCUT2D eigenvalue weighted by Gasteiger charge is -2.05. The van der Waals surface area contributed by atoms with Gasteiger partial charge in [-0.15, -0.1) is 22.7 Å². The number of rotatable bonds is 5. The molecule has 0 N–H and O–H groups in total. The van der Waals surface area contributed by atoms with Gasteiger partial charge in [0.2, 0.25) is 0 Å². The highest BCUT2D eigenvalue weighted by Gasteiger charge is 2.10. The van der Waals surface area contributed by atoms with Gasteiger partial charge >= 0.3 is 0 Å². The van der Waals surface area contributed by atoms with Crippen LogP contribution in [0.3, 0.4) is 0 Å². The molecule has 0 atom stereocenters. The van der Waals surface area contributed by atoms with E-state index in [1.807, 2.05) is 16.8 Å². The normalized spacial score (nSPS) is 11.7. The Morgan fingerprint density at radius 3 is 2.56 bits per heavy atom. The number of allylic oxidation sites excluding steroid dienone is 1. The highest BCUT2D eigenvalue weighted by atomic mass is 32.1. The van der Waals surface area contributed by atoms with Crippen molar-refractivity contribution in [2.75, 3.05) is 0 Å². The summed E-state index contributed by atoms with van der Waals surface area (Å²) < 4.78 is 0. The Balaban J connectivity index is 1.85. The molecule has 0 bridgehead atoms. The summed E-state index contributed by atoms with van der Waals surface area (Å²) in [4.78, 5) is 5.80. The standard InChI is InChI=1S/C21H20N2S2/c1-14(2)10-16-4-6-17(7-5-16)19-13-25-21(23-19)18(12-22)11-20-15(3)8-9-24-20/h4-9,11,13-14H,10H2,1-3H3/b18-11-. The summed E-state index contributed by atoms with van der Waals surface area (Å²) in [6.45, 7) is 6.51. The van der Waals surface area contributed by atoms with Crippen LogP contribution in [-0.4, -0.2) is 4.98 Å². The first-order valence-electron chi connectivity index (χ1n) is 8.28. The number of thiazole rings is 1. The number of aryl methyl sites for hydroxylation is 1. The Morgan fingerprint density at radius 2 is 1.96 bits per heavy atom. The first-order chi connectivity index (χ1) is 12.1. The zero-order valence-electron chi connectivity index (χ0n) is 14.6. The van der Waals surface area contributed by atoms with Crippen molar-refractivity contribution in [3.8, 4) is 17.3 Å². The van der Waals surface area contributed by atoms with E-state index in [-0.39, 0.29) is 0 Å². The summed E-state index contributed by atoms with van der Waals surface area (Å²) in [5.41, 5.74) is 5.19. The van der Waals surface area contributed by atoms with Crippen LogP contribution < -0.4 is 0 Å². The van der Waals surface area contributed by atoms with Gasteiger partial charge in [-0.05, 0) is 47.9 Å². The van der Waals surface area contributed by atoms with Crippen LogP contribution in [0.4, 0.5) is 0 Å². The lowest BCUT2D eigenvalue weighted by Crippen LogP contribution is -1.93. The molecule has 2 nitrogen and oxygen atoms in total. The van der Waals surface area contributed by atoms with E-state index in [9.17, 15) is 5.26 Å². The highest BCUT2D eigenvalue weighted by Crippen LogP contribution is 2.29. The van der Waals surface area contributed by atoms with Crippen molar-refractivity contribution in [1.82, 2.24) is 4.98 Å². The minimum Gasteiger partial charge on any atom is -0.235 e. The molecule has 4 heteroatoms. The molecule has 0 amide bonds. The Hall–Kier alpha value is -2.22. The number of hydrogen-bond donors (Lipinski definition) is 0. The largest absolute Gasteiger partial charge is 0.235 e. The van der Waals surface area contributed by atoms with Crippen molar-refractivity contribution in [2.45, 2.75) is 27.2 Å². The summed E-state index contributed by atoms with van der Waals surface area (Å²) in [6.07, 6.45) is 3.03. The number of benzene rings is 1. The third-order valence-corrected chi connectivity index (χ3v) is 5.77. The Kier molecular flexibility index (Phi) is 5.47. The molecule has 2 aromatic heterocycles. The SMILES string of the molecule is Cc1ccsc1/C=C(/C#N)c1nc(-c2ccc(CC(C)C)cc2)cs1. The predicted molar refractivity (Wildman–Crippen MR) is 109 cm³/mol. The number of hydrogen-bond acceptors (Lipinski definition) is 4. The van der Waals surface area contributed by atoms with Gasteiger partial charge in [-0.1, -0.05) is 38.1 Å². The minimum absolute atomic E-state index is 0.623. The summed E-state index contributed by atoms with van der Waals surface area (Å²) >= 11 is 3.17. The van der Waals surface area contributed by atoms with Crippen LogP contribution in [0.15, 0.2) is 41.1 Å². The number of nitrogens with zero attached hydrogens (tertiary/aromatic N) is 2. The van der Waals surface area contributed by atoms with E-state index < -0.39 is 0 Å². The second-order valence-electron chi connectivity index (χ2n) is 6.47. The maximum atomic E-state index is 9.52. The van der Waals surface area contributed by atoms with Gasteiger partial charge in [0.25, 0.3) is 0 Å². The minimum atomic E-state index is 0.623. The van der Waals surface area contributed by atoms with Crippen molar-refractivity contribution < 1.29 is 0 Å². The number of aromatic nitrogens is 1. The molecule has 25 heavy (non-hydrogen) atoms. The topological polar surface area (TPSA) is 36.7 Å². The summed E-state index contributed by atoms with van der Waals surface area (Å²) in [5, 5.41) is 14.4. The van der Waals surface area contributed by atoms with E-state index in [2.05, 4.69) is 62.2 Å². The van der Waals surface area contributed by atoms with Crippen molar-refractivity contribution in [3.05, 3.63) is 62.1 Å². The van der Waals surface area contributed by atoms with E-state index >= 15 is 0 Å². The first-order valence-corrected chi connectivity index (χ1v) is 10.0. The van der Waals surface area contributed by atoms with E-state index in [1.165, 1.54) is 22.5 Å². The van der Waals surface area contributed by atoms with E-state index in [0.29, 0.717) is 11.5 Å². The second kappa shape index (κ2) is 7.77. The molecule has 1 aromatic carbocycles. The summed E-state index contributed by atoms with van der Waals surface area (Å²) in [6, 6.07) is 12.9. The fraction of sp³-hybridized carbons (Fsp3) is 0.238. The van der Waals surface area contributed by atoms with E-state index in [1.54, 1.807) is 11.3 Å². The Bertz CT molecular complexity index is 921. The van der Waals surface area contributed by atoms with Gasteiger partial charge in [-0.3, -0.25) is 0 Å². The van der Waals surface area contributed by atoms with Crippen molar-refractivity contribution in [1.29, 1.82) is 5.26 Å². The second-order valence-corrected chi connectivity index (χ2v) is 8.28.